The van der Waals surface area contributed by atoms with E-state index in [-0.39, 0.29) is 0 Å². The molecule has 0 aliphatic carbocycles. The Balaban J connectivity index is 3.66. The van der Waals surface area contributed by atoms with Crippen LogP contribution in [0.3, 0.4) is 0 Å². The minimum atomic E-state index is -1.28. The average Bonchev–Trinajstić information content (AvgIpc) is 3.24. The standard InChI is InChI=1S/C53H105NO5/c1-3-5-7-9-11-13-15-17-19-21-23-25-27-28-30-32-34-36-38-40-42-44-46-50(56)52(58)49(48-55)54-53(59)51(57)47-45-43-41-39-37-35-33-31-29-26-24-22-20-18-16-14-12-10-8-6-4-2/h38,40,49-52,55-58H,3-37,39,41-48H2,1-2H3,(H,54,59)/b40-38+. The lowest BCUT2D eigenvalue weighted by molar-refractivity contribution is -0.132. The number of amides is 1. The largest absolute Gasteiger partial charge is 0.394 e. The summed E-state index contributed by atoms with van der Waals surface area (Å²) in [7, 11) is 0. The molecule has 0 spiro atoms. The first-order valence-electron chi connectivity index (χ1n) is 26.6. The van der Waals surface area contributed by atoms with Crippen LogP contribution >= 0.6 is 0 Å². The Morgan fingerprint density at radius 1 is 0.407 bits per heavy atom. The third-order valence-corrected chi connectivity index (χ3v) is 12.7. The molecular formula is C53H105NO5. The minimum Gasteiger partial charge on any atom is -0.394 e. The van der Waals surface area contributed by atoms with Crippen molar-refractivity contribution in [2.45, 2.75) is 314 Å². The van der Waals surface area contributed by atoms with E-state index in [0.717, 1.165) is 38.5 Å². The maximum Gasteiger partial charge on any atom is 0.249 e. The topological polar surface area (TPSA) is 110 Å². The van der Waals surface area contributed by atoms with E-state index in [4.69, 9.17) is 0 Å². The van der Waals surface area contributed by atoms with E-state index >= 15 is 0 Å². The second kappa shape index (κ2) is 48.1. The van der Waals surface area contributed by atoms with Crippen LogP contribution in [0.15, 0.2) is 12.2 Å². The summed E-state index contributed by atoms with van der Waals surface area (Å²) >= 11 is 0. The molecule has 1 amide bonds. The second-order valence-corrected chi connectivity index (χ2v) is 18.6. The second-order valence-electron chi connectivity index (χ2n) is 18.6. The summed E-state index contributed by atoms with van der Waals surface area (Å²) in [5.74, 6) is -0.587. The average molecular weight is 836 g/mol. The predicted molar refractivity (Wildman–Crippen MR) is 256 cm³/mol. The van der Waals surface area contributed by atoms with Gasteiger partial charge in [0, 0.05) is 0 Å². The summed E-state index contributed by atoms with van der Waals surface area (Å²) < 4.78 is 0. The van der Waals surface area contributed by atoms with Crippen LogP contribution in [0.1, 0.15) is 290 Å². The van der Waals surface area contributed by atoms with E-state index in [0.29, 0.717) is 12.8 Å². The fourth-order valence-corrected chi connectivity index (χ4v) is 8.53. The molecule has 352 valence electrons. The maximum atomic E-state index is 12.6. The molecule has 0 aliphatic rings. The van der Waals surface area contributed by atoms with Crippen LogP contribution in [0.4, 0.5) is 0 Å². The molecule has 0 aromatic heterocycles. The van der Waals surface area contributed by atoms with Crippen molar-refractivity contribution in [3.8, 4) is 0 Å². The molecule has 4 atom stereocenters. The molecule has 0 aromatic carbocycles. The summed E-state index contributed by atoms with van der Waals surface area (Å²) in [5.41, 5.74) is 0. The molecule has 0 radical (unpaired) electrons. The summed E-state index contributed by atoms with van der Waals surface area (Å²) in [6.45, 7) is 4.08. The van der Waals surface area contributed by atoms with Crippen LogP contribution in [-0.4, -0.2) is 57.3 Å². The molecule has 0 rings (SSSR count). The molecule has 0 heterocycles. The molecule has 0 saturated carbocycles. The van der Waals surface area contributed by atoms with Gasteiger partial charge in [0.05, 0.1) is 18.8 Å². The van der Waals surface area contributed by atoms with E-state index in [2.05, 4.69) is 31.3 Å². The van der Waals surface area contributed by atoms with Crippen molar-refractivity contribution in [3.63, 3.8) is 0 Å². The van der Waals surface area contributed by atoms with Crippen molar-refractivity contribution in [1.29, 1.82) is 0 Å². The predicted octanol–water partition coefficient (Wildman–Crippen LogP) is 14.9. The summed E-state index contributed by atoms with van der Waals surface area (Å²) in [5, 5.41) is 43.9. The fraction of sp³-hybridized carbons (Fsp3) is 0.943. The van der Waals surface area contributed by atoms with E-state index in [1.165, 1.54) is 225 Å². The highest BCUT2D eigenvalue weighted by Crippen LogP contribution is 2.18. The number of allylic oxidation sites excluding steroid dienone is 2. The lowest BCUT2D eigenvalue weighted by atomic mass is 10.00. The number of carbonyl (C=O) groups excluding carboxylic acids is 1. The number of unbranched alkanes of at least 4 members (excludes halogenated alkanes) is 38. The van der Waals surface area contributed by atoms with Crippen LogP contribution in [-0.2, 0) is 4.79 Å². The fourth-order valence-electron chi connectivity index (χ4n) is 8.53. The van der Waals surface area contributed by atoms with Crippen LogP contribution in [0.25, 0.3) is 0 Å². The van der Waals surface area contributed by atoms with Gasteiger partial charge in [0.15, 0.2) is 0 Å². The normalized spacial score (nSPS) is 13.9. The maximum absolute atomic E-state index is 12.6. The van der Waals surface area contributed by atoms with E-state index < -0.39 is 36.9 Å². The zero-order valence-electron chi connectivity index (χ0n) is 39.8. The Kier molecular flexibility index (Phi) is 47.3. The lowest BCUT2D eigenvalue weighted by Gasteiger charge is -2.27. The van der Waals surface area contributed by atoms with E-state index in [1.54, 1.807) is 0 Å². The van der Waals surface area contributed by atoms with Gasteiger partial charge in [-0.3, -0.25) is 4.79 Å². The van der Waals surface area contributed by atoms with Gasteiger partial charge in [-0.1, -0.05) is 264 Å². The smallest absolute Gasteiger partial charge is 0.249 e. The van der Waals surface area contributed by atoms with E-state index in [9.17, 15) is 25.2 Å². The van der Waals surface area contributed by atoms with Gasteiger partial charge in [0.2, 0.25) is 5.91 Å². The Hall–Kier alpha value is -0.950. The number of aliphatic hydroxyl groups excluding tert-OH is 4. The molecule has 6 heteroatoms. The van der Waals surface area contributed by atoms with Crippen molar-refractivity contribution in [3.05, 3.63) is 12.2 Å². The highest BCUT2D eigenvalue weighted by molar-refractivity contribution is 5.80. The molecular weight excluding hydrogens is 731 g/mol. The van der Waals surface area contributed by atoms with E-state index in [1.807, 2.05) is 0 Å². The van der Waals surface area contributed by atoms with Gasteiger partial charge in [-0.2, -0.15) is 0 Å². The molecule has 0 fully saturated rings. The lowest BCUT2D eigenvalue weighted by Crippen LogP contribution is -2.53. The zero-order valence-corrected chi connectivity index (χ0v) is 39.8. The molecule has 4 unspecified atom stereocenters. The van der Waals surface area contributed by atoms with Crippen molar-refractivity contribution >= 4 is 5.91 Å². The molecule has 59 heavy (non-hydrogen) atoms. The molecule has 0 saturated heterocycles. The zero-order chi connectivity index (χ0) is 43.1. The van der Waals surface area contributed by atoms with Crippen molar-refractivity contribution in [1.82, 2.24) is 5.32 Å². The number of hydrogen-bond acceptors (Lipinski definition) is 5. The molecule has 0 bridgehead atoms. The van der Waals surface area contributed by atoms with Gasteiger partial charge < -0.3 is 25.7 Å². The first-order chi connectivity index (χ1) is 29.0. The number of rotatable bonds is 49. The highest BCUT2D eigenvalue weighted by Gasteiger charge is 2.28. The van der Waals surface area contributed by atoms with Crippen molar-refractivity contribution in [2.75, 3.05) is 6.61 Å². The third-order valence-electron chi connectivity index (χ3n) is 12.7. The first-order valence-corrected chi connectivity index (χ1v) is 26.6. The van der Waals surface area contributed by atoms with Gasteiger partial charge in [0.1, 0.15) is 12.2 Å². The molecule has 5 N–H and O–H groups in total. The Bertz CT molecular complexity index is 852. The van der Waals surface area contributed by atoms with Gasteiger partial charge in [0.25, 0.3) is 0 Å². The molecule has 0 aliphatic heterocycles. The Labute approximate surface area is 368 Å². The molecule has 0 aromatic rings. The number of carbonyl (C=O) groups is 1. The van der Waals surface area contributed by atoms with Crippen molar-refractivity contribution < 1.29 is 25.2 Å². The number of nitrogens with one attached hydrogen (secondary N) is 1. The van der Waals surface area contributed by atoms with Crippen LogP contribution < -0.4 is 5.32 Å². The summed E-state index contributed by atoms with van der Waals surface area (Å²) in [6, 6.07) is -0.998. The molecule has 6 nitrogen and oxygen atoms in total. The highest BCUT2D eigenvalue weighted by atomic mass is 16.3. The van der Waals surface area contributed by atoms with Crippen LogP contribution in [0.5, 0.6) is 0 Å². The first kappa shape index (κ1) is 58.0. The number of aliphatic hydroxyl groups is 4. The van der Waals surface area contributed by atoms with Crippen molar-refractivity contribution in [2.24, 2.45) is 0 Å². The monoisotopic (exact) mass is 836 g/mol. The van der Waals surface area contributed by atoms with Crippen LogP contribution in [0.2, 0.25) is 0 Å². The van der Waals surface area contributed by atoms with Gasteiger partial charge in [-0.25, -0.2) is 0 Å². The Morgan fingerprint density at radius 3 is 1.02 bits per heavy atom. The van der Waals surface area contributed by atoms with Gasteiger partial charge >= 0.3 is 0 Å². The summed E-state index contributed by atoms with van der Waals surface area (Å²) in [4.78, 5) is 12.6. The quantitative estimate of drug-likeness (QED) is 0.0310. The third kappa shape index (κ3) is 42.1. The van der Waals surface area contributed by atoms with Crippen LogP contribution in [0, 0.1) is 0 Å². The number of hydrogen-bond donors (Lipinski definition) is 5. The van der Waals surface area contributed by atoms with Gasteiger partial charge in [-0.05, 0) is 38.5 Å². The SMILES string of the molecule is CCCCCCCCCCCCCCCCCCC/C=C/CCCC(O)C(O)C(CO)NC(=O)C(O)CCCCCCCCCCCCCCCCCCCCCCC. The van der Waals surface area contributed by atoms with Gasteiger partial charge in [-0.15, -0.1) is 0 Å². The Morgan fingerprint density at radius 2 is 0.695 bits per heavy atom. The summed E-state index contributed by atoms with van der Waals surface area (Å²) in [6.07, 6.45) is 55.5. The minimum absolute atomic E-state index is 0.369.